The van der Waals surface area contributed by atoms with Crippen LogP contribution in [0, 0.1) is 0 Å². The van der Waals surface area contributed by atoms with Crippen molar-refractivity contribution in [3.63, 3.8) is 0 Å². The van der Waals surface area contributed by atoms with Crippen molar-refractivity contribution in [2.75, 3.05) is 6.61 Å². The quantitative estimate of drug-likeness (QED) is 0.473. The summed E-state index contributed by atoms with van der Waals surface area (Å²) in [6, 6.07) is 0. The summed E-state index contributed by atoms with van der Waals surface area (Å²) in [5.74, 6) is 0. The van der Waals surface area contributed by atoms with Crippen LogP contribution in [-0.2, 0) is 4.74 Å². The van der Waals surface area contributed by atoms with Crippen LogP contribution in [0.3, 0.4) is 0 Å². The summed E-state index contributed by atoms with van der Waals surface area (Å²) < 4.78 is 29.2. The van der Waals surface area contributed by atoms with Crippen molar-refractivity contribution in [1.82, 2.24) is 0 Å². The molecule has 4 nitrogen and oxygen atoms in total. The van der Waals surface area contributed by atoms with E-state index in [1.807, 2.05) is 0 Å². The molecule has 0 aromatic rings. The fourth-order valence-electron chi connectivity index (χ4n) is 1.04. The van der Waals surface area contributed by atoms with Crippen LogP contribution in [0.1, 0.15) is 0 Å². The first-order valence-corrected chi connectivity index (χ1v) is 3.48. The number of ether oxygens (including phenoxy) is 1. The van der Waals surface area contributed by atoms with Gasteiger partial charge in [-0.15, -0.1) is 0 Å². The lowest BCUT2D eigenvalue weighted by Gasteiger charge is -2.35. The van der Waals surface area contributed by atoms with E-state index in [2.05, 4.69) is 4.74 Å². The van der Waals surface area contributed by atoms with Crippen LogP contribution in [0.15, 0.2) is 0 Å². The van der Waals surface area contributed by atoms with Gasteiger partial charge in [0.2, 0.25) is 6.36 Å². The lowest BCUT2D eigenvalue weighted by atomic mass is 10.0. The minimum absolute atomic E-state index is 0.661. The molecule has 1 heterocycles. The summed E-state index contributed by atoms with van der Waals surface area (Å²) in [5, 5.41) is 26.3. The zero-order chi connectivity index (χ0) is 9.30. The van der Waals surface area contributed by atoms with Gasteiger partial charge in [0, 0.05) is 0 Å². The molecule has 1 rings (SSSR count). The maximum Gasteiger partial charge on any atom is 0.233 e. The molecular weight excluding hydrogens is 172 g/mol. The van der Waals surface area contributed by atoms with Gasteiger partial charge in [-0.3, -0.25) is 0 Å². The average Bonchev–Trinajstić information content (AvgIpc) is 2.08. The third-order valence-corrected chi connectivity index (χ3v) is 1.79. The summed E-state index contributed by atoms with van der Waals surface area (Å²) in [7, 11) is 0. The number of hydrogen-bond donors (Lipinski definition) is 3. The summed E-state index contributed by atoms with van der Waals surface area (Å²) in [6.45, 7) is -0.661. The SMILES string of the molecule is OC[C@H]1O[C@@H]([18F])[C@@H]([18F])[C@@H](O)[C@@H]1O. The predicted octanol–water partition coefficient (Wildman–Crippen LogP) is -1.27. The predicted molar refractivity (Wildman–Crippen MR) is 33.8 cm³/mol. The number of alkyl halides is 2. The Kier molecular flexibility index (Phi) is 2.94. The van der Waals surface area contributed by atoms with E-state index < -0.39 is 37.4 Å². The van der Waals surface area contributed by atoms with Crippen molar-refractivity contribution >= 4 is 0 Å². The number of halogens is 2. The summed E-state index contributed by atoms with van der Waals surface area (Å²) in [4.78, 5) is 0. The molecule has 3 N–H and O–H groups in total. The molecule has 12 heavy (non-hydrogen) atoms. The van der Waals surface area contributed by atoms with Crippen LogP contribution < -0.4 is 0 Å². The molecule has 0 spiro atoms. The van der Waals surface area contributed by atoms with Gasteiger partial charge >= 0.3 is 0 Å². The Morgan fingerprint density at radius 2 is 1.75 bits per heavy atom. The molecule has 0 saturated carbocycles. The molecule has 5 atom stereocenters. The second-order valence-electron chi connectivity index (χ2n) is 2.63. The van der Waals surface area contributed by atoms with Crippen LogP contribution in [0.5, 0.6) is 0 Å². The van der Waals surface area contributed by atoms with Crippen molar-refractivity contribution < 1.29 is 28.8 Å². The van der Waals surface area contributed by atoms with E-state index in [0.717, 1.165) is 0 Å². The Labute approximate surface area is 67.4 Å². The molecule has 72 valence electrons. The lowest BCUT2D eigenvalue weighted by Crippen LogP contribution is -2.55. The van der Waals surface area contributed by atoms with Gasteiger partial charge < -0.3 is 20.1 Å². The first-order valence-electron chi connectivity index (χ1n) is 3.48. The van der Waals surface area contributed by atoms with Gasteiger partial charge in [0.05, 0.1) is 6.61 Å². The first-order chi connectivity index (χ1) is 5.57. The van der Waals surface area contributed by atoms with E-state index in [4.69, 9.17) is 15.3 Å². The Hall–Kier alpha value is -0.300. The normalized spacial score (nSPS) is 49.2. The third kappa shape index (κ3) is 1.56. The van der Waals surface area contributed by atoms with E-state index in [0.29, 0.717) is 0 Å². The van der Waals surface area contributed by atoms with E-state index in [9.17, 15) is 8.78 Å². The fourth-order valence-corrected chi connectivity index (χ4v) is 1.04. The van der Waals surface area contributed by atoms with Gasteiger partial charge in [0.25, 0.3) is 0 Å². The molecule has 6 heteroatoms. The molecular formula is C6H10F2O4. The van der Waals surface area contributed by atoms with Crippen LogP contribution in [-0.4, -0.2) is 52.8 Å². The van der Waals surface area contributed by atoms with Gasteiger partial charge in [-0.25, -0.2) is 8.78 Å². The maximum atomic E-state index is 12.5. The zero-order valence-electron chi connectivity index (χ0n) is 6.10. The highest BCUT2D eigenvalue weighted by molar-refractivity contribution is 4.88. The molecule has 1 fully saturated rings. The summed E-state index contributed by atoms with van der Waals surface area (Å²) in [5.41, 5.74) is 0. The topological polar surface area (TPSA) is 69.9 Å². The standard InChI is InChI=1S/C6H10F2O4/c7-3-5(11)4(10)2(1-9)12-6(3)8/h2-6,9-11H,1H2/t2-,3+,4-,5-,6-/m1/s1/i7-1,8-1. The van der Waals surface area contributed by atoms with Gasteiger partial charge in [-0.1, -0.05) is 0 Å². The zero-order valence-corrected chi connectivity index (χ0v) is 6.10. The Bertz CT molecular complexity index is 152. The largest absolute Gasteiger partial charge is 0.394 e. The van der Waals surface area contributed by atoms with Gasteiger partial charge in [-0.2, -0.15) is 0 Å². The third-order valence-electron chi connectivity index (χ3n) is 1.79. The average molecular weight is 182 g/mol. The number of aliphatic hydroxyl groups is 3. The van der Waals surface area contributed by atoms with E-state index in [-0.39, 0.29) is 0 Å². The molecule has 0 bridgehead atoms. The number of hydrogen-bond acceptors (Lipinski definition) is 4. The van der Waals surface area contributed by atoms with Crippen LogP contribution in [0.2, 0.25) is 0 Å². The molecule has 1 aliphatic rings. The number of aliphatic hydroxyl groups excluding tert-OH is 3. The number of rotatable bonds is 1. The van der Waals surface area contributed by atoms with Crippen molar-refractivity contribution in [1.29, 1.82) is 0 Å². The highest BCUT2D eigenvalue weighted by Gasteiger charge is 2.44. The Balaban J connectivity index is 2.63. The Morgan fingerprint density at radius 3 is 2.25 bits per heavy atom. The summed E-state index contributed by atoms with van der Waals surface area (Å²) in [6.07, 6.45) is -9.24. The molecule has 0 amide bonds. The monoisotopic (exact) mass is 182 g/mol. The van der Waals surface area contributed by atoms with E-state index >= 15 is 0 Å². The fraction of sp³-hybridized carbons (Fsp3) is 1.00. The second kappa shape index (κ2) is 3.61. The summed E-state index contributed by atoms with van der Waals surface area (Å²) >= 11 is 0. The van der Waals surface area contributed by atoms with E-state index in [1.165, 1.54) is 0 Å². The van der Waals surface area contributed by atoms with Crippen molar-refractivity contribution in [3.05, 3.63) is 0 Å². The van der Waals surface area contributed by atoms with Crippen molar-refractivity contribution in [2.24, 2.45) is 0 Å². The molecule has 1 aliphatic heterocycles. The van der Waals surface area contributed by atoms with E-state index in [1.54, 1.807) is 0 Å². The minimum atomic E-state index is -2.29. The van der Waals surface area contributed by atoms with Crippen molar-refractivity contribution in [3.8, 4) is 0 Å². The highest BCUT2D eigenvalue weighted by atomic mass is 18.2. The minimum Gasteiger partial charge on any atom is -0.394 e. The van der Waals surface area contributed by atoms with Gasteiger partial charge in [0.15, 0.2) is 6.17 Å². The first kappa shape index (κ1) is 9.79. The molecule has 0 aromatic heterocycles. The molecule has 0 aliphatic carbocycles. The van der Waals surface area contributed by atoms with Crippen LogP contribution in [0.4, 0.5) is 8.78 Å². The van der Waals surface area contributed by atoms with Gasteiger partial charge in [0.1, 0.15) is 18.3 Å². The maximum absolute atomic E-state index is 12.5. The highest BCUT2D eigenvalue weighted by Crippen LogP contribution is 2.23. The molecule has 0 aromatic carbocycles. The smallest absolute Gasteiger partial charge is 0.233 e. The Morgan fingerprint density at radius 1 is 1.17 bits per heavy atom. The molecule has 1 saturated heterocycles. The second-order valence-corrected chi connectivity index (χ2v) is 2.63. The molecule has 0 unspecified atom stereocenters. The lowest BCUT2D eigenvalue weighted by molar-refractivity contribution is -0.246. The molecule has 0 radical (unpaired) electrons. The van der Waals surface area contributed by atoms with Crippen molar-refractivity contribution in [2.45, 2.75) is 30.8 Å². The van der Waals surface area contributed by atoms with Crippen LogP contribution in [0.25, 0.3) is 0 Å². The van der Waals surface area contributed by atoms with Crippen LogP contribution >= 0.6 is 0 Å². The van der Waals surface area contributed by atoms with Gasteiger partial charge in [-0.05, 0) is 0 Å².